The summed E-state index contributed by atoms with van der Waals surface area (Å²) < 4.78 is 37.4. The van der Waals surface area contributed by atoms with Crippen molar-refractivity contribution in [2.75, 3.05) is 37.8 Å². The van der Waals surface area contributed by atoms with Gasteiger partial charge in [0, 0.05) is 24.7 Å². The highest BCUT2D eigenvalue weighted by Gasteiger charge is 2.23. The van der Waals surface area contributed by atoms with Crippen molar-refractivity contribution >= 4 is 28.1 Å². The van der Waals surface area contributed by atoms with Crippen molar-refractivity contribution in [2.45, 2.75) is 0 Å². The molecule has 0 radical (unpaired) electrons. The molecular weight excluding hydrogens is 424 g/mol. The van der Waals surface area contributed by atoms with Crippen LogP contribution in [0.5, 0.6) is 0 Å². The standard InChI is InChI=1S/C23H19F2NO4S/c24-16-6-7-17(19(25)12-16)20(27)14-30-23(28)21-13-18(15-4-2-1-3-5-15)22(31-21)26-8-10-29-11-9-26/h1-7,12-13H,8-11,14H2. The van der Waals surface area contributed by atoms with Gasteiger partial charge in [-0.3, -0.25) is 4.79 Å². The third-order valence-corrected chi connectivity index (χ3v) is 6.04. The summed E-state index contributed by atoms with van der Waals surface area (Å²) in [4.78, 5) is 27.3. The minimum Gasteiger partial charge on any atom is -0.453 e. The molecule has 1 saturated heterocycles. The maximum Gasteiger partial charge on any atom is 0.348 e. The van der Waals surface area contributed by atoms with E-state index in [-0.39, 0.29) is 5.56 Å². The van der Waals surface area contributed by atoms with Gasteiger partial charge in [0.25, 0.3) is 0 Å². The molecule has 1 aromatic heterocycles. The van der Waals surface area contributed by atoms with E-state index in [2.05, 4.69) is 4.90 Å². The zero-order valence-corrected chi connectivity index (χ0v) is 17.3. The topological polar surface area (TPSA) is 55.8 Å². The van der Waals surface area contributed by atoms with E-state index >= 15 is 0 Å². The van der Waals surface area contributed by atoms with Crippen molar-refractivity contribution in [3.63, 3.8) is 0 Å². The number of morpholine rings is 1. The summed E-state index contributed by atoms with van der Waals surface area (Å²) in [5, 5.41) is 0.928. The van der Waals surface area contributed by atoms with Gasteiger partial charge >= 0.3 is 5.97 Å². The Morgan fingerprint density at radius 2 is 1.77 bits per heavy atom. The number of Topliss-reactive ketones (excluding diaryl/α,β-unsaturated/α-hetero) is 1. The van der Waals surface area contributed by atoms with Crippen molar-refractivity contribution in [3.05, 3.63) is 76.7 Å². The van der Waals surface area contributed by atoms with Crippen molar-refractivity contribution < 1.29 is 27.8 Å². The quantitative estimate of drug-likeness (QED) is 0.413. The number of esters is 1. The Labute approximate surface area is 181 Å². The van der Waals surface area contributed by atoms with Gasteiger partial charge in [-0.25, -0.2) is 13.6 Å². The Bertz CT molecular complexity index is 1090. The molecule has 1 aliphatic rings. The van der Waals surface area contributed by atoms with Crippen molar-refractivity contribution in [1.29, 1.82) is 0 Å². The van der Waals surface area contributed by atoms with Crippen LogP contribution in [-0.2, 0) is 9.47 Å². The zero-order chi connectivity index (χ0) is 21.8. The molecule has 160 valence electrons. The van der Waals surface area contributed by atoms with Crippen molar-refractivity contribution in [1.82, 2.24) is 0 Å². The van der Waals surface area contributed by atoms with Crippen LogP contribution in [-0.4, -0.2) is 44.7 Å². The molecule has 0 spiro atoms. The summed E-state index contributed by atoms with van der Waals surface area (Å²) in [6.45, 7) is 1.98. The number of carbonyl (C=O) groups is 2. The first kappa shape index (κ1) is 21.1. The van der Waals surface area contributed by atoms with E-state index in [1.54, 1.807) is 6.07 Å². The van der Waals surface area contributed by atoms with Crippen LogP contribution in [0.15, 0.2) is 54.6 Å². The van der Waals surface area contributed by atoms with E-state index in [1.165, 1.54) is 11.3 Å². The highest BCUT2D eigenvalue weighted by molar-refractivity contribution is 7.18. The number of hydrogen-bond donors (Lipinski definition) is 0. The fourth-order valence-corrected chi connectivity index (χ4v) is 4.43. The number of halogens is 2. The number of anilines is 1. The monoisotopic (exact) mass is 443 g/mol. The highest BCUT2D eigenvalue weighted by atomic mass is 32.1. The SMILES string of the molecule is O=C(OCC(=O)c1ccc(F)cc1F)c1cc(-c2ccccc2)c(N2CCOCC2)s1. The molecule has 1 fully saturated rings. The lowest BCUT2D eigenvalue weighted by molar-refractivity contribution is 0.0478. The molecule has 3 aromatic rings. The average Bonchev–Trinajstić information content (AvgIpc) is 3.24. The normalized spacial score (nSPS) is 13.8. The summed E-state index contributed by atoms with van der Waals surface area (Å²) in [6, 6.07) is 14.1. The van der Waals surface area contributed by atoms with E-state index in [1.807, 2.05) is 30.3 Å². The predicted octanol–water partition coefficient (Wildman–Crippen LogP) is 4.57. The molecule has 5 nitrogen and oxygen atoms in total. The minimum atomic E-state index is -0.988. The zero-order valence-electron chi connectivity index (χ0n) is 16.5. The molecule has 2 aromatic carbocycles. The third-order valence-electron chi connectivity index (χ3n) is 4.86. The summed E-state index contributed by atoms with van der Waals surface area (Å²) in [5.74, 6) is -3.18. The van der Waals surface area contributed by atoms with E-state index < -0.39 is 30.0 Å². The molecule has 0 N–H and O–H groups in total. The van der Waals surface area contributed by atoms with Crippen LogP contribution in [0, 0.1) is 11.6 Å². The smallest absolute Gasteiger partial charge is 0.348 e. The maximum absolute atomic E-state index is 13.8. The predicted molar refractivity (Wildman–Crippen MR) is 114 cm³/mol. The molecule has 8 heteroatoms. The summed E-state index contributed by atoms with van der Waals surface area (Å²) >= 11 is 1.28. The molecule has 31 heavy (non-hydrogen) atoms. The fourth-order valence-electron chi connectivity index (χ4n) is 3.30. The van der Waals surface area contributed by atoms with Gasteiger partial charge in [-0.15, -0.1) is 11.3 Å². The van der Waals surface area contributed by atoms with Crippen LogP contribution in [0.25, 0.3) is 11.1 Å². The van der Waals surface area contributed by atoms with Gasteiger partial charge in [0.05, 0.1) is 23.8 Å². The van der Waals surface area contributed by atoms with Gasteiger partial charge in [0.1, 0.15) is 16.5 Å². The lowest BCUT2D eigenvalue weighted by Gasteiger charge is -2.28. The Kier molecular flexibility index (Phi) is 6.39. The molecule has 2 heterocycles. The molecule has 0 unspecified atom stereocenters. The first-order chi connectivity index (χ1) is 15.0. The first-order valence-corrected chi connectivity index (χ1v) is 10.5. The molecule has 4 rings (SSSR count). The third kappa shape index (κ3) is 4.81. The number of hydrogen-bond acceptors (Lipinski definition) is 6. The summed E-state index contributed by atoms with van der Waals surface area (Å²) in [5.41, 5.74) is 1.54. The van der Waals surface area contributed by atoms with Crippen LogP contribution in [0.4, 0.5) is 13.8 Å². The van der Waals surface area contributed by atoms with Crippen molar-refractivity contribution in [3.8, 4) is 11.1 Å². The minimum absolute atomic E-state index is 0.320. The Hall–Kier alpha value is -3.10. The van der Waals surface area contributed by atoms with E-state index in [0.29, 0.717) is 37.2 Å². The molecule has 0 aliphatic carbocycles. The molecular formula is C23H19F2NO4S. The van der Waals surface area contributed by atoms with Crippen molar-refractivity contribution in [2.24, 2.45) is 0 Å². The highest BCUT2D eigenvalue weighted by Crippen LogP contribution is 2.39. The number of nitrogens with zero attached hydrogens (tertiary/aromatic N) is 1. The van der Waals surface area contributed by atoms with Gasteiger partial charge in [0.2, 0.25) is 5.78 Å². The van der Waals surface area contributed by atoms with E-state index in [4.69, 9.17) is 9.47 Å². The Balaban J connectivity index is 1.53. The first-order valence-electron chi connectivity index (χ1n) is 9.70. The maximum atomic E-state index is 13.8. The molecule has 0 atom stereocenters. The number of ketones is 1. The Morgan fingerprint density at radius 1 is 1.03 bits per heavy atom. The number of benzene rings is 2. The summed E-state index contributed by atoms with van der Waals surface area (Å²) in [7, 11) is 0. The largest absolute Gasteiger partial charge is 0.453 e. The second-order valence-corrected chi connectivity index (χ2v) is 7.95. The lowest BCUT2D eigenvalue weighted by Crippen LogP contribution is -2.35. The average molecular weight is 443 g/mol. The Morgan fingerprint density at radius 3 is 2.48 bits per heavy atom. The van der Waals surface area contributed by atoms with Crippen LogP contribution < -0.4 is 4.90 Å². The number of ether oxygens (including phenoxy) is 2. The van der Waals surface area contributed by atoms with Crippen LogP contribution >= 0.6 is 11.3 Å². The summed E-state index contributed by atoms with van der Waals surface area (Å²) in [6.07, 6.45) is 0. The van der Waals surface area contributed by atoms with Crippen LogP contribution in [0.2, 0.25) is 0 Å². The van der Waals surface area contributed by atoms with Gasteiger partial charge in [-0.05, 0) is 23.8 Å². The van der Waals surface area contributed by atoms with Crippen LogP contribution in [0.3, 0.4) is 0 Å². The number of thiophene rings is 1. The van der Waals surface area contributed by atoms with Gasteiger partial charge < -0.3 is 14.4 Å². The van der Waals surface area contributed by atoms with Gasteiger partial charge in [-0.2, -0.15) is 0 Å². The number of carbonyl (C=O) groups excluding carboxylic acids is 2. The van der Waals surface area contributed by atoms with Gasteiger partial charge in [-0.1, -0.05) is 30.3 Å². The number of rotatable bonds is 6. The fraction of sp³-hybridized carbons (Fsp3) is 0.217. The van der Waals surface area contributed by atoms with Crippen LogP contribution in [0.1, 0.15) is 20.0 Å². The van der Waals surface area contributed by atoms with E-state index in [0.717, 1.165) is 28.3 Å². The second kappa shape index (κ2) is 9.36. The molecule has 0 saturated carbocycles. The van der Waals surface area contributed by atoms with E-state index in [9.17, 15) is 18.4 Å². The molecule has 0 bridgehead atoms. The van der Waals surface area contributed by atoms with Gasteiger partial charge in [0.15, 0.2) is 6.61 Å². The molecule has 1 aliphatic heterocycles. The molecule has 0 amide bonds. The lowest BCUT2D eigenvalue weighted by atomic mass is 10.1. The second-order valence-electron chi connectivity index (χ2n) is 6.92.